The number of carbonyl (C=O) groups excluding carboxylic acids is 2. The van der Waals surface area contributed by atoms with E-state index in [1.807, 2.05) is 11.0 Å². The third-order valence-electron chi connectivity index (χ3n) is 4.56. The fourth-order valence-corrected chi connectivity index (χ4v) is 2.94. The molecule has 2 atom stereocenters. The zero-order valence-corrected chi connectivity index (χ0v) is 12.4. The van der Waals surface area contributed by atoms with Crippen LogP contribution < -0.4 is 5.32 Å². The van der Waals surface area contributed by atoms with Crippen LogP contribution in [0.4, 0.5) is 0 Å². The molecule has 1 N–H and O–H groups in total. The summed E-state index contributed by atoms with van der Waals surface area (Å²) in [5.41, 5.74) is 0. The number of nitrogens with zero attached hydrogens (tertiary/aromatic N) is 1. The van der Waals surface area contributed by atoms with Crippen LogP contribution >= 0.6 is 0 Å². The lowest BCUT2D eigenvalue weighted by atomic mass is 9.99. The minimum atomic E-state index is -0.146. The van der Waals surface area contributed by atoms with Crippen LogP contribution in [0.15, 0.2) is 22.8 Å². The van der Waals surface area contributed by atoms with Gasteiger partial charge in [-0.3, -0.25) is 9.59 Å². The quantitative estimate of drug-likeness (QED) is 0.919. The van der Waals surface area contributed by atoms with Gasteiger partial charge in [0.15, 0.2) is 0 Å². The molecule has 2 fully saturated rings. The Morgan fingerprint density at radius 3 is 2.76 bits per heavy atom. The normalized spacial score (nSPS) is 25.7. The minimum absolute atomic E-state index is 0.0323. The molecule has 1 saturated carbocycles. The largest absolute Gasteiger partial charge is 0.467 e. The van der Waals surface area contributed by atoms with Crippen LogP contribution in [-0.4, -0.2) is 29.8 Å². The van der Waals surface area contributed by atoms with Crippen molar-refractivity contribution in [2.75, 3.05) is 13.1 Å². The highest BCUT2D eigenvalue weighted by atomic mass is 16.3. The molecule has 2 aliphatic rings. The van der Waals surface area contributed by atoms with E-state index in [0.29, 0.717) is 18.9 Å². The Bertz CT molecular complexity index is 504. The van der Waals surface area contributed by atoms with Crippen molar-refractivity contribution >= 4 is 11.8 Å². The third kappa shape index (κ3) is 3.28. The maximum absolute atomic E-state index is 12.3. The lowest BCUT2D eigenvalue weighted by Gasteiger charge is -2.30. The van der Waals surface area contributed by atoms with Gasteiger partial charge in [-0.1, -0.05) is 6.92 Å². The number of amides is 2. The number of likely N-dealkylation sites (tertiary alicyclic amines) is 1. The molecule has 0 bridgehead atoms. The van der Waals surface area contributed by atoms with Gasteiger partial charge in [-0.2, -0.15) is 0 Å². The molecule has 2 amide bonds. The Hall–Kier alpha value is -1.78. The van der Waals surface area contributed by atoms with Crippen LogP contribution in [0.2, 0.25) is 0 Å². The van der Waals surface area contributed by atoms with Gasteiger partial charge in [0.1, 0.15) is 5.76 Å². The number of hydrogen-bond donors (Lipinski definition) is 1. The molecule has 1 aromatic rings. The van der Waals surface area contributed by atoms with E-state index in [9.17, 15) is 9.59 Å². The van der Waals surface area contributed by atoms with E-state index in [1.165, 1.54) is 0 Å². The summed E-state index contributed by atoms with van der Waals surface area (Å²) in [5, 5.41) is 2.84. The van der Waals surface area contributed by atoms with Gasteiger partial charge >= 0.3 is 0 Å². The maximum Gasteiger partial charge on any atom is 0.226 e. The van der Waals surface area contributed by atoms with Crippen molar-refractivity contribution in [3.8, 4) is 0 Å². The van der Waals surface area contributed by atoms with E-state index < -0.39 is 0 Å². The predicted octanol–water partition coefficient (Wildman–Crippen LogP) is 1.79. The summed E-state index contributed by atoms with van der Waals surface area (Å²) in [6.07, 6.45) is 4.43. The van der Waals surface area contributed by atoms with Gasteiger partial charge in [-0.25, -0.2) is 0 Å². The minimum Gasteiger partial charge on any atom is -0.467 e. The molecular weight excluding hydrogens is 268 g/mol. The van der Waals surface area contributed by atoms with Crippen molar-refractivity contribution in [2.45, 2.75) is 32.7 Å². The number of hydrogen-bond acceptors (Lipinski definition) is 3. The monoisotopic (exact) mass is 290 g/mol. The molecule has 0 radical (unpaired) electrons. The summed E-state index contributed by atoms with van der Waals surface area (Å²) in [7, 11) is 0. The number of nitrogens with one attached hydrogen (secondary N) is 1. The molecule has 1 aliphatic carbocycles. The van der Waals surface area contributed by atoms with Crippen molar-refractivity contribution < 1.29 is 14.0 Å². The van der Waals surface area contributed by atoms with Crippen molar-refractivity contribution in [3.05, 3.63) is 24.2 Å². The van der Waals surface area contributed by atoms with Crippen LogP contribution in [0.5, 0.6) is 0 Å². The van der Waals surface area contributed by atoms with E-state index in [2.05, 4.69) is 12.2 Å². The first-order chi connectivity index (χ1) is 10.1. The van der Waals surface area contributed by atoms with Gasteiger partial charge in [-0.05, 0) is 37.3 Å². The second-order valence-corrected chi connectivity index (χ2v) is 6.25. The molecule has 1 aliphatic heterocycles. The molecule has 0 spiro atoms. The van der Waals surface area contributed by atoms with Crippen LogP contribution in [0.1, 0.15) is 31.9 Å². The first kappa shape index (κ1) is 14.2. The van der Waals surface area contributed by atoms with Crippen molar-refractivity contribution in [3.63, 3.8) is 0 Å². The fraction of sp³-hybridized carbons (Fsp3) is 0.625. The van der Waals surface area contributed by atoms with Gasteiger partial charge in [0, 0.05) is 13.1 Å². The average Bonchev–Trinajstić information content (AvgIpc) is 3.12. The van der Waals surface area contributed by atoms with Crippen LogP contribution in [0.3, 0.4) is 0 Å². The summed E-state index contributed by atoms with van der Waals surface area (Å²) in [6, 6.07) is 3.62. The first-order valence-corrected chi connectivity index (χ1v) is 7.74. The van der Waals surface area contributed by atoms with Gasteiger partial charge in [0.05, 0.1) is 24.6 Å². The highest BCUT2D eigenvalue weighted by molar-refractivity contribution is 5.92. The second-order valence-electron chi connectivity index (χ2n) is 6.25. The Kier molecular flexibility index (Phi) is 3.99. The summed E-state index contributed by atoms with van der Waals surface area (Å²) >= 11 is 0. The lowest BCUT2D eigenvalue weighted by Crippen LogP contribution is -2.39. The number of carbonyl (C=O) groups is 2. The zero-order chi connectivity index (χ0) is 14.8. The van der Waals surface area contributed by atoms with Crippen LogP contribution in [0.25, 0.3) is 0 Å². The van der Waals surface area contributed by atoms with Gasteiger partial charge in [0.2, 0.25) is 11.8 Å². The SMILES string of the molecule is CC1CCN(C(=O)C2CC2C(=O)NCc2ccco2)CC1. The van der Waals surface area contributed by atoms with Gasteiger partial charge < -0.3 is 14.6 Å². The average molecular weight is 290 g/mol. The summed E-state index contributed by atoms with van der Waals surface area (Å²) in [4.78, 5) is 26.3. The summed E-state index contributed by atoms with van der Waals surface area (Å²) in [6.45, 7) is 4.31. The smallest absolute Gasteiger partial charge is 0.226 e. The molecule has 2 unspecified atom stereocenters. The summed E-state index contributed by atoms with van der Waals surface area (Å²) < 4.78 is 5.17. The molecule has 3 rings (SSSR count). The highest BCUT2D eigenvalue weighted by Crippen LogP contribution is 2.40. The fourth-order valence-electron chi connectivity index (χ4n) is 2.94. The Morgan fingerprint density at radius 2 is 2.10 bits per heavy atom. The van der Waals surface area contributed by atoms with Crippen LogP contribution in [0, 0.1) is 17.8 Å². The maximum atomic E-state index is 12.3. The second kappa shape index (κ2) is 5.92. The van der Waals surface area contributed by atoms with E-state index in [0.717, 1.165) is 31.7 Å². The van der Waals surface area contributed by atoms with Gasteiger partial charge in [-0.15, -0.1) is 0 Å². The molecule has 1 aromatic heterocycles. The zero-order valence-electron chi connectivity index (χ0n) is 12.4. The standard InChI is InChI=1S/C16H22N2O3/c1-11-4-6-18(7-5-11)16(20)14-9-13(14)15(19)17-10-12-3-2-8-21-12/h2-3,8,11,13-14H,4-7,9-10H2,1H3,(H,17,19). The lowest BCUT2D eigenvalue weighted by molar-refractivity contribution is -0.136. The molecule has 0 aromatic carbocycles. The van der Waals surface area contributed by atoms with E-state index in [1.54, 1.807) is 12.3 Å². The van der Waals surface area contributed by atoms with Crippen molar-refractivity contribution in [2.24, 2.45) is 17.8 Å². The van der Waals surface area contributed by atoms with Crippen molar-refractivity contribution in [1.29, 1.82) is 0 Å². The Morgan fingerprint density at radius 1 is 1.33 bits per heavy atom. The molecular formula is C16H22N2O3. The number of furan rings is 1. The van der Waals surface area contributed by atoms with Gasteiger partial charge in [0.25, 0.3) is 0 Å². The Labute approximate surface area is 124 Å². The highest BCUT2D eigenvalue weighted by Gasteiger charge is 2.49. The number of rotatable bonds is 4. The summed E-state index contributed by atoms with van der Waals surface area (Å²) in [5.74, 6) is 1.33. The predicted molar refractivity (Wildman–Crippen MR) is 77.1 cm³/mol. The molecule has 2 heterocycles. The Balaban J connectivity index is 1.44. The molecule has 5 nitrogen and oxygen atoms in total. The molecule has 21 heavy (non-hydrogen) atoms. The topological polar surface area (TPSA) is 62.6 Å². The van der Waals surface area contributed by atoms with E-state index >= 15 is 0 Å². The number of piperidine rings is 1. The van der Waals surface area contributed by atoms with E-state index in [4.69, 9.17) is 4.42 Å². The third-order valence-corrected chi connectivity index (χ3v) is 4.56. The first-order valence-electron chi connectivity index (χ1n) is 7.74. The molecule has 5 heteroatoms. The van der Waals surface area contributed by atoms with Crippen LogP contribution in [-0.2, 0) is 16.1 Å². The van der Waals surface area contributed by atoms with Crippen molar-refractivity contribution in [1.82, 2.24) is 10.2 Å². The molecule has 1 saturated heterocycles. The van der Waals surface area contributed by atoms with E-state index in [-0.39, 0.29) is 23.7 Å². The molecule has 114 valence electrons.